The number of anilines is 1. The molecule has 15 heavy (non-hydrogen) atoms. The summed E-state index contributed by atoms with van der Waals surface area (Å²) in [6, 6.07) is 0. The van der Waals surface area contributed by atoms with Crippen molar-refractivity contribution in [2.75, 3.05) is 5.32 Å². The van der Waals surface area contributed by atoms with Crippen molar-refractivity contribution < 1.29 is 14.0 Å². The number of amides is 2. The van der Waals surface area contributed by atoms with Gasteiger partial charge in [-0.1, -0.05) is 6.58 Å². The molecule has 0 atom stereocenters. The van der Waals surface area contributed by atoms with Gasteiger partial charge in [0.15, 0.2) is 11.5 Å². The van der Waals surface area contributed by atoms with Gasteiger partial charge in [-0.15, -0.1) is 0 Å². The van der Waals surface area contributed by atoms with Crippen molar-refractivity contribution in [2.45, 2.75) is 0 Å². The van der Waals surface area contributed by atoms with Crippen LogP contribution in [0.1, 0.15) is 10.5 Å². The van der Waals surface area contributed by atoms with Gasteiger partial charge in [0.05, 0.1) is 5.69 Å². The highest BCUT2D eigenvalue weighted by Crippen LogP contribution is 2.13. The lowest BCUT2D eigenvalue weighted by Gasteiger charge is -1.99. The van der Waals surface area contributed by atoms with Crippen molar-refractivity contribution in [1.82, 2.24) is 9.78 Å². The first-order chi connectivity index (χ1) is 6.91. The Balaban J connectivity index is 2.99. The summed E-state index contributed by atoms with van der Waals surface area (Å²) in [5.41, 5.74) is 4.91. The first-order valence-corrected chi connectivity index (χ1v) is 3.91. The molecule has 0 aliphatic heterocycles. The summed E-state index contributed by atoms with van der Waals surface area (Å²) < 4.78 is 13.6. The Morgan fingerprint density at radius 2 is 2.27 bits per heavy atom. The lowest BCUT2D eigenvalue weighted by atomic mass is 10.3. The molecule has 1 aromatic heterocycles. The average molecular weight is 212 g/mol. The van der Waals surface area contributed by atoms with E-state index in [9.17, 15) is 14.0 Å². The molecule has 0 fully saturated rings. The molecule has 0 saturated heterocycles. The van der Waals surface area contributed by atoms with Gasteiger partial charge in [0.1, 0.15) is 0 Å². The molecular weight excluding hydrogens is 203 g/mol. The first-order valence-electron chi connectivity index (χ1n) is 3.91. The van der Waals surface area contributed by atoms with Crippen LogP contribution in [0.2, 0.25) is 0 Å². The number of rotatable bonds is 3. The van der Waals surface area contributed by atoms with Gasteiger partial charge in [0.25, 0.3) is 11.8 Å². The SMILES string of the molecule is C=C(F)C(=O)Nc1cn(C)nc1C(N)=O. The van der Waals surface area contributed by atoms with Crippen LogP contribution in [0.3, 0.4) is 0 Å². The molecule has 3 N–H and O–H groups in total. The van der Waals surface area contributed by atoms with E-state index in [2.05, 4.69) is 17.0 Å². The van der Waals surface area contributed by atoms with Gasteiger partial charge in [-0.3, -0.25) is 14.3 Å². The number of primary amides is 1. The minimum Gasteiger partial charge on any atom is -0.364 e. The number of carbonyl (C=O) groups excluding carboxylic acids is 2. The van der Waals surface area contributed by atoms with Crippen LogP contribution >= 0.6 is 0 Å². The maximum Gasteiger partial charge on any atom is 0.283 e. The fraction of sp³-hybridized carbons (Fsp3) is 0.125. The van der Waals surface area contributed by atoms with Gasteiger partial charge in [-0.25, -0.2) is 4.39 Å². The summed E-state index contributed by atoms with van der Waals surface area (Å²) in [4.78, 5) is 21.8. The van der Waals surface area contributed by atoms with E-state index in [0.29, 0.717) is 0 Å². The lowest BCUT2D eigenvalue weighted by Crippen LogP contribution is -2.17. The molecule has 1 heterocycles. The molecule has 0 aliphatic carbocycles. The zero-order chi connectivity index (χ0) is 11.6. The van der Waals surface area contributed by atoms with Crippen molar-refractivity contribution in [2.24, 2.45) is 12.8 Å². The smallest absolute Gasteiger partial charge is 0.283 e. The van der Waals surface area contributed by atoms with E-state index in [-0.39, 0.29) is 11.4 Å². The maximum absolute atomic E-state index is 12.4. The zero-order valence-electron chi connectivity index (χ0n) is 7.95. The minimum absolute atomic E-state index is 0.0498. The normalized spacial score (nSPS) is 9.73. The molecule has 1 rings (SSSR count). The van der Waals surface area contributed by atoms with E-state index in [4.69, 9.17) is 5.73 Å². The van der Waals surface area contributed by atoms with Crippen molar-refractivity contribution in [1.29, 1.82) is 0 Å². The Hall–Kier alpha value is -2.18. The van der Waals surface area contributed by atoms with Crippen LogP contribution in [0, 0.1) is 0 Å². The molecule has 0 bridgehead atoms. The Morgan fingerprint density at radius 3 is 2.73 bits per heavy atom. The third kappa shape index (κ3) is 2.39. The fourth-order valence-corrected chi connectivity index (χ4v) is 0.952. The van der Waals surface area contributed by atoms with Gasteiger partial charge >= 0.3 is 0 Å². The van der Waals surface area contributed by atoms with Crippen molar-refractivity contribution in [3.8, 4) is 0 Å². The van der Waals surface area contributed by atoms with Gasteiger partial charge in [0, 0.05) is 13.2 Å². The monoisotopic (exact) mass is 212 g/mol. The summed E-state index contributed by atoms with van der Waals surface area (Å²) in [6.45, 7) is 2.81. The summed E-state index contributed by atoms with van der Waals surface area (Å²) in [5, 5.41) is 5.81. The van der Waals surface area contributed by atoms with Crippen molar-refractivity contribution in [3.63, 3.8) is 0 Å². The zero-order valence-corrected chi connectivity index (χ0v) is 7.95. The molecule has 2 amide bonds. The molecule has 7 heteroatoms. The molecule has 0 saturated carbocycles. The van der Waals surface area contributed by atoms with E-state index in [1.54, 1.807) is 0 Å². The summed E-state index contributed by atoms with van der Waals surface area (Å²) in [6.07, 6.45) is 1.33. The second-order valence-corrected chi connectivity index (χ2v) is 2.79. The molecule has 6 nitrogen and oxygen atoms in total. The molecule has 0 spiro atoms. The van der Waals surface area contributed by atoms with Crippen molar-refractivity contribution in [3.05, 3.63) is 24.3 Å². The van der Waals surface area contributed by atoms with Crippen LogP contribution in [0.5, 0.6) is 0 Å². The van der Waals surface area contributed by atoms with E-state index < -0.39 is 17.6 Å². The molecule has 0 aromatic carbocycles. The number of aromatic nitrogens is 2. The molecule has 0 unspecified atom stereocenters. The summed E-state index contributed by atoms with van der Waals surface area (Å²) in [7, 11) is 1.53. The summed E-state index contributed by atoms with van der Waals surface area (Å²) >= 11 is 0. The maximum atomic E-state index is 12.4. The molecule has 0 aliphatic rings. The standard InChI is InChI=1S/C8H9FN4O2/c1-4(9)8(15)11-5-3-13(2)12-6(5)7(10)14/h3H,1H2,2H3,(H2,10,14)(H,11,15). The lowest BCUT2D eigenvalue weighted by molar-refractivity contribution is -0.114. The van der Waals surface area contributed by atoms with Crippen LogP contribution in [-0.2, 0) is 11.8 Å². The Labute approximate surface area is 84.6 Å². The fourth-order valence-electron chi connectivity index (χ4n) is 0.952. The highest BCUT2D eigenvalue weighted by Gasteiger charge is 2.16. The van der Waals surface area contributed by atoms with Crippen LogP contribution in [-0.4, -0.2) is 21.6 Å². The number of halogens is 1. The van der Waals surface area contributed by atoms with Crippen LogP contribution < -0.4 is 11.1 Å². The van der Waals surface area contributed by atoms with E-state index in [1.807, 2.05) is 0 Å². The van der Waals surface area contributed by atoms with Crippen LogP contribution in [0.25, 0.3) is 0 Å². The van der Waals surface area contributed by atoms with E-state index in [0.717, 1.165) is 0 Å². The Morgan fingerprint density at radius 1 is 1.67 bits per heavy atom. The number of aryl methyl sites for hydroxylation is 1. The van der Waals surface area contributed by atoms with Gasteiger partial charge in [0.2, 0.25) is 0 Å². The first kappa shape index (κ1) is 10.9. The van der Waals surface area contributed by atoms with Crippen molar-refractivity contribution >= 4 is 17.5 Å². The predicted octanol–water partition coefficient (Wildman–Crippen LogP) is -0.0593. The van der Waals surface area contributed by atoms with Crippen LogP contribution in [0.15, 0.2) is 18.6 Å². The third-order valence-electron chi connectivity index (χ3n) is 1.56. The number of nitrogens with one attached hydrogen (secondary N) is 1. The molecule has 0 radical (unpaired) electrons. The molecule has 1 aromatic rings. The average Bonchev–Trinajstić information content (AvgIpc) is 2.46. The minimum atomic E-state index is -1.16. The van der Waals surface area contributed by atoms with E-state index in [1.165, 1.54) is 17.9 Å². The van der Waals surface area contributed by atoms with Gasteiger partial charge < -0.3 is 11.1 Å². The summed E-state index contributed by atoms with van der Waals surface area (Å²) in [5.74, 6) is -3.00. The Bertz CT molecular complexity index is 438. The highest BCUT2D eigenvalue weighted by molar-refractivity contribution is 6.06. The number of nitrogens with zero attached hydrogens (tertiary/aromatic N) is 2. The second kappa shape index (κ2) is 3.91. The molecular formula is C8H9FN4O2. The number of nitrogens with two attached hydrogens (primary N) is 1. The molecule has 80 valence electrons. The predicted molar refractivity (Wildman–Crippen MR) is 50.6 cm³/mol. The van der Waals surface area contributed by atoms with Crippen LogP contribution in [0.4, 0.5) is 10.1 Å². The van der Waals surface area contributed by atoms with Gasteiger partial charge in [-0.05, 0) is 0 Å². The number of hydrogen-bond acceptors (Lipinski definition) is 3. The van der Waals surface area contributed by atoms with E-state index >= 15 is 0 Å². The highest BCUT2D eigenvalue weighted by atomic mass is 19.1. The third-order valence-corrected chi connectivity index (χ3v) is 1.56. The second-order valence-electron chi connectivity index (χ2n) is 2.79. The Kier molecular flexibility index (Phi) is 2.84. The largest absolute Gasteiger partial charge is 0.364 e. The quantitative estimate of drug-likeness (QED) is 0.688. The number of carbonyl (C=O) groups is 2. The van der Waals surface area contributed by atoms with Gasteiger partial charge in [-0.2, -0.15) is 5.10 Å². The number of hydrogen-bond donors (Lipinski definition) is 2. The topological polar surface area (TPSA) is 90.0 Å².